The molecule has 1 aromatic rings. The molecule has 0 amide bonds. The number of hydrogen-bond acceptors (Lipinski definition) is 4. The Kier molecular flexibility index (Phi) is 5.12. The summed E-state index contributed by atoms with van der Waals surface area (Å²) in [6.45, 7) is 4.52. The quantitative estimate of drug-likeness (QED) is 0.906. The number of unbranched alkanes of at least 4 members (excludes halogenated alkanes) is 1. The second-order valence-electron chi connectivity index (χ2n) is 6.97. The Morgan fingerprint density at radius 2 is 1.96 bits per heavy atom. The van der Waals surface area contributed by atoms with E-state index >= 15 is 0 Å². The van der Waals surface area contributed by atoms with Gasteiger partial charge in [0.15, 0.2) is 11.5 Å². The second-order valence-corrected chi connectivity index (χ2v) is 6.97. The molecule has 3 rings (SSSR count). The highest BCUT2D eigenvalue weighted by Crippen LogP contribution is 2.42. The molecule has 0 aliphatic carbocycles. The standard InChI is InChI=1S/C19H30N2O2/c1-4-5-6-14-12-21-8-7-13-9-18(22-2)19(23-3)10-15(13)17(21)11-16(14)20/h9-10,14,16-17H,4-8,11-12,20H2,1-3H3/t14-,16-,17-/m1/s1. The number of fused-ring (bicyclic) bond motifs is 3. The van der Waals surface area contributed by atoms with Gasteiger partial charge in [0.1, 0.15) is 0 Å². The Hall–Kier alpha value is -1.26. The van der Waals surface area contributed by atoms with Crippen molar-refractivity contribution in [2.75, 3.05) is 27.3 Å². The maximum absolute atomic E-state index is 6.53. The van der Waals surface area contributed by atoms with Crippen molar-refractivity contribution in [2.24, 2.45) is 11.7 Å². The molecule has 4 heteroatoms. The number of piperidine rings is 1. The van der Waals surface area contributed by atoms with Gasteiger partial charge >= 0.3 is 0 Å². The number of nitrogens with zero attached hydrogens (tertiary/aromatic N) is 1. The van der Waals surface area contributed by atoms with Crippen LogP contribution in [0.1, 0.15) is 49.8 Å². The molecule has 128 valence electrons. The Morgan fingerprint density at radius 3 is 2.65 bits per heavy atom. The molecule has 0 unspecified atom stereocenters. The lowest BCUT2D eigenvalue weighted by atomic mass is 9.79. The summed E-state index contributed by atoms with van der Waals surface area (Å²) >= 11 is 0. The van der Waals surface area contributed by atoms with Crippen LogP contribution in [0.2, 0.25) is 0 Å². The van der Waals surface area contributed by atoms with Crippen LogP contribution in [0.15, 0.2) is 12.1 Å². The fraction of sp³-hybridized carbons (Fsp3) is 0.684. The van der Waals surface area contributed by atoms with Crippen LogP contribution in [-0.4, -0.2) is 38.3 Å². The zero-order valence-corrected chi connectivity index (χ0v) is 14.7. The van der Waals surface area contributed by atoms with Crippen LogP contribution in [0.5, 0.6) is 11.5 Å². The molecular formula is C19H30N2O2. The van der Waals surface area contributed by atoms with Crippen molar-refractivity contribution in [2.45, 2.75) is 51.1 Å². The molecule has 0 bridgehead atoms. The van der Waals surface area contributed by atoms with Crippen LogP contribution in [0.3, 0.4) is 0 Å². The van der Waals surface area contributed by atoms with Gasteiger partial charge in [0.05, 0.1) is 14.2 Å². The highest BCUT2D eigenvalue weighted by Gasteiger charge is 2.37. The molecule has 2 aliphatic heterocycles. The Balaban J connectivity index is 1.84. The lowest BCUT2D eigenvalue weighted by molar-refractivity contribution is 0.0783. The van der Waals surface area contributed by atoms with Gasteiger partial charge in [-0.1, -0.05) is 19.8 Å². The van der Waals surface area contributed by atoms with Gasteiger partial charge in [0.2, 0.25) is 0 Å². The fourth-order valence-electron chi connectivity index (χ4n) is 4.23. The van der Waals surface area contributed by atoms with Gasteiger partial charge in [-0.2, -0.15) is 0 Å². The topological polar surface area (TPSA) is 47.7 Å². The van der Waals surface area contributed by atoms with Gasteiger partial charge in [0.25, 0.3) is 0 Å². The van der Waals surface area contributed by atoms with Crippen LogP contribution < -0.4 is 15.2 Å². The largest absolute Gasteiger partial charge is 0.493 e. The first kappa shape index (κ1) is 16.6. The van der Waals surface area contributed by atoms with Gasteiger partial charge in [-0.15, -0.1) is 0 Å². The number of methoxy groups -OCH3 is 2. The Bertz CT molecular complexity index is 546. The minimum atomic E-state index is 0.307. The van der Waals surface area contributed by atoms with E-state index in [0.717, 1.165) is 37.4 Å². The second kappa shape index (κ2) is 7.10. The van der Waals surface area contributed by atoms with Gasteiger partial charge in [-0.05, 0) is 48.4 Å². The van der Waals surface area contributed by atoms with Crippen LogP contribution in [-0.2, 0) is 6.42 Å². The number of hydrogen-bond donors (Lipinski definition) is 1. The van der Waals surface area contributed by atoms with Crippen LogP contribution in [0.25, 0.3) is 0 Å². The maximum atomic E-state index is 6.53. The molecule has 2 aliphatic rings. The summed E-state index contributed by atoms with van der Waals surface area (Å²) in [5.74, 6) is 2.31. The smallest absolute Gasteiger partial charge is 0.161 e. The molecule has 23 heavy (non-hydrogen) atoms. The van der Waals surface area contributed by atoms with Gasteiger partial charge < -0.3 is 15.2 Å². The molecule has 2 N–H and O–H groups in total. The maximum Gasteiger partial charge on any atom is 0.161 e. The van der Waals surface area contributed by atoms with E-state index in [2.05, 4.69) is 24.0 Å². The molecule has 0 aromatic heterocycles. The van der Waals surface area contributed by atoms with Crippen molar-refractivity contribution in [1.29, 1.82) is 0 Å². The normalized spacial score (nSPS) is 27.2. The van der Waals surface area contributed by atoms with E-state index in [1.807, 2.05) is 0 Å². The third kappa shape index (κ3) is 3.20. The minimum absolute atomic E-state index is 0.307. The number of ether oxygens (including phenoxy) is 2. The molecule has 0 radical (unpaired) electrons. The third-order valence-electron chi connectivity index (χ3n) is 5.61. The predicted octanol–water partition coefficient (Wildman–Crippen LogP) is 3.14. The van der Waals surface area contributed by atoms with Gasteiger partial charge in [-0.25, -0.2) is 0 Å². The average Bonchev–Trinajstić information content (AvgIpc) is 2.58. The SMILES string of the molecule is CCCC[C@@H]1CN2CCc3cc(OC)c(OC)cc3[C@H]2C[C@H]1N. The van der Waals surface area contributed by atoms with Crippen molar-refractivity contribution in [3.8, 4) is 11.5 Å². The van der Waals surface area contributed by atoms with Crippen molar-refractivity contribution >= 4 is 0 Å². The van der Waals surface area contributed by atoms with Crippen LogP contribution >= 0.6 is 0 Å². The predicted molar refractivity (Wildman–Crippen MR) is 93.2 cm³/mol. The van der Waals surface area contributed by atoms with E-state index in [9.17, 15) is 0 Å². The third-order valence-corrected chi connectivity index (χ3v) is 5.61. The molecule has 4 nitrogen and oxygen atoms in total. The number of benzene rings is 1. The van der Waals surface area contributed by atoms with Crippen LogP contribution in [0.4, 0.5) is 0 Å². The van der Waals surface area contributed by atoms with E-state index in [-0.39, 0.29) is 0 Å². The lowest BCUT2D eigenvalue weighted by Gasteiger charge is -2.46. The summed E-state index contributed by atoms with van der Waals surface area (Å²) in [7, 11) is 3.41. The van der Waals surface area contributed by atoms with E-state index in [1.54, 1.807) is 14.2 Å². The fourth-order valence-corrected chi connectivity index (χ4v) is 4.23. The average molecular weight is 318 g/mol. The van der Waals surface area contributed by atoms with Gasteiger partial charge in [-0.3, -0.25) is 4.90 Å². The van der Waals surface area contributed by atoms with Gasteiger partial charge in [0, 0.05) is 25.2 Å². The van der Waals surface area contributed by atoms with Crippen molar-refractivity contribution in [3.05, 3.63) is 23.3 Å². The van der Waals surface area contributed by atoms with E-state index in [0.29, 0.717) is 18.0 Å². The first-order chi connectivity index (χ1) is 11.2. The van der Waals surface area contributed by atoms with E-state index in [1.165, 1.54) is 30.4 Å². The molecule has 0 saturated carbocycles. The summed E-state index contributed by atoms with van der Waals surface area (Å²) in [5, 5.41) is 0. The number of nitrogens with two attached hydrogens (primary N) is 1. The highest BCUT2D eigenvalue weighted by molar-refractivity contribution is 5.49. The first-order valence-corrected chi connectivity index (χ1v) is 8.92. The van der Waals surface area contributed by atoms with E-state index in [4.69, 9.17) is 15.2 Å². The summed E-state index contributed by atoms with van der Waals surface area (Å²) in [6, 6.07) is 5.07. The minimum Gasteiger partial charge on any atom is -0.493 e. The monoisotopic (exact) mass is 318 g/mol. The zero-order chi connectivity index (χ0) is 16.4. The Labute approximate surface area is 139 Å². The molecule has 2 heterocycles. The number of rotatable bonds is 5. The molecule has 1 aromatic carbocycles. The van der Waals surface area contributed by atoms with Crippen molar-refractivity contribution in [1.82, 2.24) is 4.90 Å². The van der Waals surface area contributed by atoms with E-state index < -0.39 is 0 Å². The summed E-state index contributed by atoms with van der Waals surface area (Å²) in [4.78, 5) is 2.64. The zero-order valence-electron chi connectivity index (χ0n) is 14.7. The Morgan fingerprint density at radius 1 is 1.22 bits per heavy atom. The highest BCUT2D eigenvalue weighted by atomic mass is 16.5. The summed E-state index contributed by atoms with van der Waals surface area (Å²) in [6.07, 6.45) is 5.95. The van der Waals surface area contributed by atoms with Crippen molar-refractivity contribution < 1.29 is 9.47 Å². The lowest BCUT2D eigenvalue weighted by Crippen LogP contribution is -2.50. The molecule has 1 fully saturated rings. The molecule has 1 saturated heterocycles. The first-order valence-electron chi connectivity index (χ1n) is 8.92. The molecule has 0 spiro atoms. The molecular weight excluding hydrogens is 288 g/mol. The van der Waals surface area contributed by atoms with Crippen molar-refractivity contribution in [3.63, 3.8) is 0 Å². The van der Waals surface area contributed by atoms with Crippen LogP contribution in [0, 0.1) is 5.92 Å². The molecule has 3 atom stereocenters. The summed E-state index contributed by atoms with van der Waals surface area (Å²) in [5.41, 5.74) is 9.31. The summed E-state index contributed by atoms with van der Waals surface area (Å²) < 4.78 is 11.0.